The number of carbonyl (C=O) groups is 2. The fraction of sp³-hybridized carbons (Fsp3) is 0.368. The summed E-state index contributed by atoms with van der Waals surface area (Å²) in [5, 5.41) is 12.5. The molecule has 0 saturated carbocycles. The van der Waals surface area contributed by atoms with Gasteiger partial charge in [-0.1, -0.05) is 12.1 Å². The van der Waals surface area contributed by atoms with Gasteiger partial charge in [0.25, 0.3) is 5.91 Å². The van der Waals surface area contributed by atoms with E-state index in [0.29, 0.717) is 28.3 Å². The number of nitrogens with one attached hydrogen (secondary N) is 2. The van der Waals surface area contributed by atoms with E-state index in [-0.39, 0.29) is 5.69 Å². The molecule has 0 aliphatic heterocycles. The molecule has 2 aromatic rings. The first-order valence-corrected chi connectivity index (χ1v) is 8.28. The predicted octanol–water partition coefficient (Wildman–Crippen LogP) is 2.88. The number of ether oxygens (including phenoxy) is 2. The van der Waals surface area contributed by atoms with Crippen molar-refractivity contribution < 1.29 is 24.2 Å². The lowest BCUT2D eigenvalue weighted by Gasteiger charge is -2.15. The average Bonchev–Trinajstić information content (AvgIpc) is 2.89. The van der Waals surface area contributed by atoms with Gasteiger partial charge in [0, 0.05) is 11.3 Å². The van der Waals surface area contributed by atoms with Crippen molar-refractivity contribution in [3.05, 3.63) is 46.8 Å². The number of para-hydroxylation sites is 2. The quantitative estimate of drug-likeness (QED) is 0.688. The molecule has 1 heterocycles. The van der Waals surface area contributed by atoms with Crippen molar-refractivity contribution in [2.24, 2.45) is 0 Å². The Balaban J connectivity index is 2.09. The van der Waals surface area contributed by atoms with Gasteiger partial charge in [0.05, 0.1) is 18.9 Å². The number of benzene rings is 1. The average molecular weight is 360 g/mol. The maximum Gasteiger partial charge on any atom is 0.355 e. The Bertz CT molecular complexity index is 810. The number of methoxy groups -OCH3 is 1. The molecule has 1 amide bonds. The molecule has 26 heavy (non-hydrogen) atoms. The third kappa shape index (κ3) is 4.05. The van der Waals surface area contributed by atoms with E-state index in [0.717, 1.165) is 0 Å². The molecule has 0 saturated heterocycles. The summed E-state index contributed by atoms with van der Waals surface area (Å²) in [5.41, 5.74) is 2.68. The summed E-state index contributed by atoms with van der Waals surface area (Å²) in [7, 11) is 1.50. The number of rotatable bonds is 6. The van der Waals surface area contributed by atoms with E-state index in [9.17, 15) is 14.7 Å². The Morgan fingerprint density at radius 1 is 1.19 bits per heavy atom. The van der Waals surface area contributed by atoms with Crippen LogP contribution in [0.1, 0.15) is 47.3 Å². The summed E-state index contributed by atoms with van der Waals surface area (Å²) in [5.74, 6) is -0.614. The van der Waals surface area contributed by atoms with Crippen molar-refractivity contribution in [3.8, 4) is 5.75 Å². The number of anilines is 1. The minimum atomic E-state index is -1.01. The van der Waals surface area contributed by atoms with Crippen molar-refractivity contribution >= 4 is 17.6 Å². The van der Waals surface area contributed by atoms with Crippen molar-refractivity contribution in [2.75, 3.05) is 12.4 Å². The molecule has 0 unspecified atom stereocenters. The summed E-state index contributed by atoms with van der Waals surface area (Å²) >= 11 is 0. The zero-order chi connectivity index (χ0) is 19.4. The second-order valence-electron chi connectivity index (χ2n) is 6.08. The lowest BCUT2D eigenvalue weighted by molar-refractivity contribution is -0.123. The van der Waals surface area contributed by atoms with Crippen LogP contribution in [0.2, 0.25) is 0 Å². The van der Waals surface area contributed by atoms with Crippen molar-refractivity contribution in [2.45, 2.75) is 39.9 Å². The fourth-order valence-electron chi connectivity index (χ4n) is 2.85. The van der Waals surface area contributed by atoms with Crippen LogP contribution in [0.25, 0.3) is 0 Å². The van der Waals surface area contributed by atoms with Crippen LogP contribution in [0.5, 0.6) is 5.75 Å². The normalized spacial score (nSPS) is 13.0. The second kappa shape index (κ2) is 8.05. The van der Waals surface area contributed by atoms with E-state index < -0.39 is 24.1 Å². The van der Waals surface area contributed by atoms with Crippen LogP contribution in [0.4, 0.5) is 5.69 Å². The maximum atomic E-state index is 12.4. The topological polar surface area (TPSA) is 101 Å². The van der Waals surface area contributed by atoms with E-state index in [2.05, 4.69) is 10.3 Å². The number of carbonyl (C=O) groups excluding carboxylic acids is 2. The highest BCUT2D eigenvalue weighted by molar-refractivity contribution is 5.98. The van der Waals surface area contributed by atoms with Crippen LogP contribution in [-0.2, 0) is 9.53 Å². The minimum Gasteiger partial charge on any atom is -0.495 e. The van der Waals surface area contributed by atoms with Crippen LogP contribution in [0.3, 0.4) is 0 Å². The van der Waals surface area contributed by atoms with Gasteiger partial charge >= 0.3 is 5.97 Å². The van der Waals surface area contributed by atoms with Gasteiger partial charge in [-0.05, 0) is 45.4 Å². The number of aliphatic hydroxyl groups excluding tert-OH is 1. The minimum absolute atomic E-state index is 0.232. The monoisotopic (exact) mass is 360 g/mol. The molecule has 7 heteroatoms. The van der Waals surface area contributed by atoms with Crippen LogP contribution in [0.15, 0.2) is 24.3 Å². The van der Waals surface area contributed by atoms with Crippen molar-refractivity contribution in [1.29, 1.82) is 0 Å². The fourth-order valence-corrected chi connectivity index (χ4v) is 2.85. The van der Waals surface area contributed by atoms with Gasteiger partial charge in [-0.15, -0.1) is 0 Å². The Kier molecular flexibility index (Phi) is 6.05. The molecule has 0 radical (unpaired) electrons. The van der Waals surface area contributed by atoms with Crippen molar-refractivity contribution in [1.82, 2.24) is 4.98 Å². The first-order chi connectivity index (χ1) is 12.3. The predicted molar refractivity (Wildman–Crippen MR) is 97.4 cm³/mol. The molecule has 0 aliphatic rings. The van der Waals surface area contributed by atoms with E-state index >= 15 is 0 Å². The molecule has 3 N–H and O–H groups in total. The number of hydrogen-bond donors (Lipinski definition) is 3. The van der Waals surface area contributed by atoms with Gasteiger partial charge in [-0.3, -0.25) is 4.79 Å². The van der Waals surface area contributed by atoms with Gasteiger partial charge in [-0.25, -0.2) is 4.79 Å². The molecule has 0 spiro atoms. The Morgan fingerprint density at radius 2 is 1.85 bits per heavy atom. The highest BCUT2D eigenvalue weighted by Crippen LogP contribution is 2.26. The largest absolute Gasteiger partial charge is 0.495 e. The molecule has 0 aliphatic carbocycles. The summed E-state index contributed by atoms with van der Waals surface area (Å²) < 4.78 is 10.4. The lowest BCUT2D eigenvalue weighted by atomic mass is 10.1. The number of H-pyrrole nitrogens is 1. The van der Waals surface area contributed by atoms with Gasteiger partial charge in [-0.2, -0.15) is 0 Å². The van der Waals surface area contributed by atoms with E-state index in [1.807, 2.05) is 0 Å². The van der Waals surface area contributed by atoms with Crippen LogP contribution in [0, 0.1) is 13.8 Å². The zero-order valence-electron chi connectivity index (χ0n) is 15.5. The van der Waals surface area contributed by atoms with E-state index in [4.69, 9.17) is 9.47 Å². The van der Waals surface area contributed by atoms with Crippen LogP contribution < -0.4 is 10.1 Å². The van der Waals surface area contributed by atoms with E-state index in [1.165, 1.54) is 14.0 Å². The number of aromatic amines is 1. The first-order valence-electron chi connectivity index (χ1n) is 8.28. The molecule has 1 aromatic carbocycles. The number of aromatic nitrogens is 1. The Hall–Kier alpha value is -2.80. The first kappa shape index (κ1) is 19.5. The highest BCUT2D eigenvalue weighted by atomic mass is 16.5. The third-order valence-corrected chi connectivity index (χ3v) is 4.14. The number of aryl methyl sites for hydroxylation is 1. The van der Waals surface area contributed by atoms with Gasteiger partial charge in [0.2, 0.25) is 0 Å². The molecule has 2 rings (SSSR count). The number of esters is 1. The van der Waals surface area contributed by atoms with Gasteiger partial charge in [0.15, 0.2) is 6.10 Å². The SMILES string of the molecule is COc1ccccc1NC(=O)[C@@H](C)OC(=O)c1[nH]c(C)c([C@H](C)O)c1C. The van der Waals surface area contributed by atoms with Gasteiger partial charge < -0.3 is 24.9 Å². The van der Waals surface area contributed by atoms with Crippen molar-refractivity contribution in [3.63, 3.8) is 0 Å². The Morgan fingerprint density at radius 3 is 2.42 bits per heavy atom. The second-order valence-corrected chi connectivity index (χ2v) is 6.08. The smallest absolute Gasteiger partial charge is 0.355 e. The van der Waals surface area contributed by atoms with Crippen LogP contribution >= 0.6 is 0 Å². The molecule has 2 atom stereocenters. The Labute approximate surface area is 152 Å². The lowest BCUT2D eigenvalue weighted by Crippen LogP contribution is -2.30. The number of aliphatic hydroxyl groups is 1. The summed E-state index contributed by atoms with van der Waals surface area (Å²) in [6, 6.07) is 6.96. The molecular weight excluding hydrogens is 336 g/mol. The summed E-state index contributed by atoms with van der Waals surface area (Å²) in [6.45, 7) is 6.61. The highest BCUT2D eigenvalue weighted by Gasteiger charge is 2.25. The number of amides is 1. The summed E-state index contributed by atoms with van der Waals surface area (Å²) in [6.07, 6.45) is -1.72. The molecular formula is C19H24N2O5. The maximum absolute atomic E-state index is 12.4. The summed E-state index contributed by atoms with van der Waals surface area (Å²) in [4.78, 5) is 27.6. The molecule has 0 fully saturated rings. The van der Waals surface area contributed by atoms with Crippen LogP contribution in [-0.4, -0.2) is 35.2 Å². The third-order valence-electron chi connectivity index (χ3n) is 4.14. The zero-order valence-corrected chi connectivity index (χ0v) is 15.5. The molecule has 1 aromatic heterocycles. The molecule has 140 valence electrons. The molecule has 0 bridgehead atoms. The molecule has 7 nitrogen and oxygen atoms in total. The number of hydrogen-bond acceptors (Lipinski definition) is 5. The standard InChI is InChI=1S/C19H24N2O5/c1-10-16(12(3)22)11(2)20-17(10)19(24)26-13(4)18(23)21-14-8-6-7-9-15(14)25-5/h6-9,12-13,20,22H,1-5H3,(H,21,23)/t12-,13+/m0/s1. The van der Waals surface area contributed by atoms with E-state index in [1.54, 1.807) is 45.0 Å². The van der Waals surface area contributed by atoms with Gasteiger partial charge in [0.1, 0.15) is 11.4 Å².